The van der Waals surface area contributed by atoms with Gasteiger partial charge in [-0.2, -0.15) is 0 Å². The minimum atomic E-state index is 0.302. The van der Waals surface area contributed by atoms with Gasteiger partial charge < -0.3 is 14.8 Å². The molecule has 0 aromatic heterocycles. The quantitative estimate of drug-likeness (QED) is 0.833. The van der Waals surface area contributed by atoms with Crippen molar-refractivity contribution < 1.29 is 9.47 Å². The molecule has 2 aliphatic rings. The fourth-order valence-corrected chi connectivity index (χ4v) is 3.72. The molecule has 0 saturated heterocycles. The van der Waals surface area contributed by atoms with Crippen LogP contribution < -0.4 is 14.8 Å². The number of hydrogen-bond donors (Lipinski definition) is 1. The van der Waals surface area contributed by atoms with Gasteiger partial charge in [0, 0.05) is 29.1 Å². The van der Waals surface area contributed by atoms with Crippen LogP contribution in [0.1, 0.15) is 50.3 Å². The van der Waals surface area contributed by atoms with Crippen molar-refractivity contribution in [1.29, 1.82) is 0 Å². The molecule has 4 heteroatoms. The zero-order valence-corrected chi connectivity index (χ0v) is 13.6. The molecule has 3 nitrogen and oxygen atoms in total. The Morgan fingerprint density at radius 2 is 2.14 bits per heavy atom. The molecule has 0 bridgehead atoms. The summed E-state index contributed by atoms with van der Waals surface area (Å²) in [5.74, 6) is 2.42. The molecule has 2 unspecified atom stereocenters. The minimum absolute atomic E-state index is 0.302. The summed E-state index contributed by atoms with van der Waals surface area (Å²) in [5, 5.41) is 4.44. The van der Waals surface area contributed by atoms with Crippen molar-refractivity contribution in [3.63, 3.8) is 0 Å². The Morgan fingerprint density at radius 1 is 1.33 bits per heavy atom. The van der Waals surface area contributed by atoms with Crippen molar-refractivity contribution in [1.82, 2.24) is 5.32 Å². The topological polar surface area (TPSA) is 30.5 Å². The Morgan fingerprint density at radius 3 is 2.95 bits per heavy atom. The molecule has 1 aliphatic heterocycles. The predicted octanol–water partition coefficient (Wildman–Crippen LogP) is 4.12. The summed E-state index contributed by atoms with van der Waals surface area (Å²) in [6, 6.07) is 2.25. The first-order chi connectivity index (χ1) is 10.2. The van der Waals surface area contributed by atoms with Crippen LogP contribution in [0.3, 0.4) is 0 Å². The average molecular weight is 310 g/mol. The summed E-state index contributed by atoms with van der Waals surface area (Å²) >= 11 is 6.55. The standard InChI is InChI=1S/C17H24ClNO2/c1-3-19-14-9-11(2)5-6-12-13(18)10-15-17(16(12)14)21-8-4-7-20-15/h10-11,14,19H,3-9H2,1-2H3. The molecule has 3 rings (SSSR count). The predicted molar refractivity (Wildman–Crippen MR) is 85.6 cm³/mol. The van der Waals surface area contributed by atoms with Crippen LogP contribution in [0.4, 0.5) is 0 Å². The molecular weight excluding hydrogens is 286 g/mol. The van der Waals surface area contributed by atoms with Gasteiger partial charge in [-0.25, -0.2) is 0 Å². The van der Waals surface area contributed by atoms with Gasteiger partial charge in [0.1, 0.15) is 0 Å². The first kappa shape index (κ1) is 15.0. The summed E-state index contributed by atoms with van der Waals surface area (Å²) in [7, 11) is 0. The molecule has 0 saturated carbocycles. The van der Waals surface area contributed by atoms with Crippen molar-refractivity contribution in [3.05, 3.63) is 22.2 Å². The average Bonchev–Trinajstić information content (AvgIpc) is 2.77. The highest BCUT2D eigenvalue weighted by molar-refractivity contribution is 6.31. The number of halogens is 1. The monoisotopic (exact) mass is 309 g/mol. The molecule has 0 radical (unpaired) electrons. The van der Waals surface area contributed by atoms with Gasteiger partial charge in [0.25, 0.3) is 0 Å². The molecule has 116 valence electrons. The molecule has 1 N–H and O–H groups in total. The van der Waals surface area contributed by atoms with E-state index in [0.29, 0.717) is 18.6 Å². The van der Waals surface area contributed by atoms with E-state index in [1.807, 2.05) is 6.07 Å². The highest BCUT2D eigenvalue weighted by atomic mass is 35.5. The van der Waals surface area contributed by atoms with E-state index in [1.165, 1.54) is 17.5 Å². The van der Waals surface area contributed by atoms with Gasteiger partial charge in [-0.05, 0) is 37.3 Å². The Hall–Kier alpha value is -0.930. The summed E-state index contributed by atoms with van der Waals surface area (Å²) in [5.41, 5.74) is 2.49. The first-order valence-electron chi connectivity index (χ1n) is 8.05. The smallest absolute Gasteiger partial charge is 0.166 e. The summed E-state index contributed by atoms with van der Waals surface area (Å²) < 4.78 is 11.9. The van der Waals surface area contributed by atoms with Gasteiger partial charge in [-0.3, -0.25) is 0 Å². The maximum Gasteiger partial charge on any atom is 0.166 e. The Balaban J connectivity index is 2.13. The van der Waals surface area contributed by atoms with E-state index in [-0.39, 0.29) is 0 Å². The zero-order valence-electron chi connectivity index (χ0n) is 12.9. The molecule has 1 aromatic rings. The van der Waals surface area contributed by atoms with Crippen molar-refractivity contribution in [2.45, 2.75) is 45.6 Å². The molecule has 1 aliphatic carbocycles. The highest BCUT2D eigenvalue weighted by Crippen LogP contribution is 2.46. The van der Waals surface area contributed by atoms with Gasteiger partial charge in [-0.15, -0.1) is 0 Å². The van der Waals surface area contributed by atoms with E-state index in [2.05, 4.69) is 19.2 Å². The third-order valence-electron chi connectivity index (χ3n) is 4.46. The fourth-order valence-electron chi connectivity index (χ4n) is 3.42. The number of nitrogens with one attached hydrogen (secondary N) is 1. The first-order valence-corrected chi connectivity index (χ1v) is 8.42. The van der Waals surface area contributed by atoms with E-state index in [9.17, 15) is 0 Å². The number of hydrogen-bond acceptors (Lipinski definition) is 3. The summed E-state index contributed by atoms with van der Waals surface area (Å²) in [6.07, 6.45) is 4.24. The Bertz CT molecular complexity index is 518. The van der Waals surface area contributed by atoms with Gasteiger partial charge in [0.05, 0.1) is 13.2 Å². The van der Waals surface area contributed by atoms with Gasteiger partial charge in [0.2, 0.25) is 0 Å². The van der Waals surface area contributed by atoms with Crippen LogP contribution in [0, 0.1) is 5.92 Å². The molecular formula is C17H24ClNO2. The van der Waals surface area contributed by atoms with E-state index < -0.39 is 0 Å². The molecule has 1 heterocycles. The number of rotatable bonds is 2. The second-order valence-corrected chi connectivity index (χ2v) is 6.53. The second kappa shape index (κ2) is 6.45. The van der Waals surface area contributed by atoms with Crippen LogP contribution >= 0.6 is 11.6 Å². The molecule has 0 amide bonds. The zero-order chi connectivity index (χ0) is 14.8. The van der Waals surface area contributed by atoms with Gasteiger partial charge in [0.15, 0.2) is 11.5 Å². The SMILES string of the molecule is CCNC1CC(C)CCc2c(Cl)cc3c(c21)OCCCO3. The van der Waals surface area contributed by atoms with E-state index in [4.69, 9.17) is 21.1 Å². The molecule has 1 aromatic carbocycles. The van der Waals surface area contributed by atoms with Gasteiger partial charge in [-0.1, -0.05) is 25.4 Å². The van der Waals surface area contributed by atoms with E-state index in [0.717, 1.165) is 48.9 Å². The van der Waals surface area contributed by atoms with Crippen molar-refractivity contribution in [2.24, 2.45) is 5.92 Å². The largest absolute Gasteiger partial charge is 0.489 e. The van der Waals surface area contributed by atoms with Crippen LogP contribution in [-0.2, 0) is 6.42 Å². The molecule has 21 heavy (non-hydrogen) atoms. The van der Waals surface area contributed by atoms with Crippen LogP contribution in [0.5, 0.6) is 11.5 Å². The van der Waals surface area contributed by atoms with E-state index in [1.54, 1.807) is 0 Å². The second-order valence-electron chi connectivity index (χ2n) is 6.12. The number of benzene rings is 1. The van der Waals surface area contributed by atoms with Crippen LogP contribution in [0.2, 0.25) is 5.02 Å². The fraction of sp³-hybridized carbons (Fsp3) is 0.647. The lowest BCUT2D eigenvalue weighted by molar-refractivity contribution is 0.294. The Kier molecular flexibility index (Phi) is 4.60. The number of ether oxygens (including phenoxy) is 2. The number of fused-ring (bicyclic) bond motifs is 3. The molecule has 0 spiro atoms. The molecule has 2 atom stereocenters. The minimum Gasteiger partial charge on any atom is -0.489 e. The van der Waals surface area contributed by atoms with Crippen LogP contribution in [-0.4, -0.2) is 19.8 Å². The maximum absolute atomic E-state index is 6.55. The lowest BCUT2D eigenvalue weighted by Crippen LogP contribution is -2.23. The normalized spacial score (nSPS) is 24.9. The third kappa shape index (κ3) is 3.00. The Labute approximate surface area is 132 Å². The van der Waals surface area contributed by atoms with E-state index >= 15 is 0 Å². The summed E-state index contributed by atoms with van der Waals surface area (Å²) in [6.45, 7) is 6.83. The highest BCUT2D eigenvalue weighted by Gasteiger charge is 2.30. The van der Waals surface area contributed by atoms with Gasteiger partial charge >= 0.3 is 0 Å². The maximum atomic E-state index is 6.55. The lowest BCUT2D eigenvalue weighted by Gasteiger charge is -2.24. The van der Waals surface area contributed by atoms with Crippen molar-refractivity contribution >= 4 is 11.6 Å². The van der Waals surface area contributed by atoms with Crippen molar-refractivity contribution in [2.75, 3.05) is 19.8 Å². The molecule has 0 fully saturated rings. The van der Waals surface area contributed by atoms with Crippen LogP contribution in [0.25, 0.3) is 0 Å². The van der Waals surface area contributed by atoms with Crippen molar-refractivity contribution in [3.8, 4) is 11.5 Å². The lowest BCUT2D eigenvalue weighted by atomic mass is 9.95. The van der Waals surface area contributed by atoms with Crippen LogP contribution in [0.15, 0.2) is 6.07 Å². The summed E-state index contributed by atoms with van der Waals surface area (Å²) in [4.78, 5) is 0. The third-order valence-corrected chi connectivity index (χ3v) is 4.79.